The minimum Gasteiger partial charge on any atom is -0.504 e. The van der Waals surface area contributed by atoms with E-state index >= 15 is 0 Å². The number of carboxylic acid groups (broad SMARTS) is 1. The fraction of sp³-hybridized carbons (Fsp3) is 0.118. The molecule has 2 rings (SSSR count). The fourth-order valence-electron chi connectivity index (χ4n) is 1.99. The predicted octanol–water partition coefficient (Wildman–Crippen LogP) is 3.03. The zero-order chi connectivity index (χ0) is 16.1. The Hall–Kier alpha value is -2.95. The molecule has 2 aromatic carbocycles. The van der Waals surface area contributed by atoms with Gasteiger partial charge in [0.1, 0.15) is 5.75 Å². The van der Waals surface area contributed by atoms with Gasteiger partial charge in [0.05, 0.1) is 19.8 Å². The molecule has 5 nitrogen and oxygen atoms in total. The van der Waals surface area contributed by atoms with E-state index in [1.807, 2.05) is 0 Å². The van der Waals surface area contributed by atoms with Gasteiger partial charge in [0.25, 0.3) is 0 Å². The minimum atomic E-state index is -1.04. The quantitative estimate of drug-likeness (QED) is 0.655. The van der Waals surface area contributed by atoms with Crippen LogP contribution < -0.4 is 9.47 Å². The van der Waals surface area contributed by atoms with Gasteiger partial charge in [-0.3, -0.25) is 0 Å². The molecular formula is C17H16O5. The lowest BCUT2D eigenvalue weighted by molar-refractivity contribution is -0.130. The van der Waals surface area contributed by atoms with Crippen molar-refractivity contribution < 1.29 is 24.5 Å². The third kappa shape index (κ3) is 3.38. The third-order valence-corrected chi connectivity index (χ3v) is 3.15. The second kappa shape index (κ2) is 6.67. The highest BCUT2D eigenvalue weighted by atomic mass is 16.5. The van der Waals surface area contributed by atoms with E-state index in [1.54, 1.807) is 43.5 Å². The smallest absolute Gasteiger partial charge is 0.336 e. The number of methoxy groups -OCH3 is 2. The molecular weight excluding hydrogens is 284 g/mol. The monoisotopic (exact) mass is 300 g/mol. The number of hydrogen-bond donors (Lipinski definition) is 2. The number of carbonyl (C=O) groups is 1. The van der Waals surface area contributed by atoms with E-state index in [2.05, 4.69) is 0 Å². The highest BCUT2D eigenvalue weighted by Crippen LogP contribution is 2.29. The van der Waals surface area contributed by atoms with Gasteiger partial charge in [-0.05, 0) is 41.5 Å². The Kier molecular flexibility index (Phi) is 4.68. The average Bonchev–Trinajstić information content (AvgIpc) is 2.54. The summed E-state index contributed by atoms with van der Waals surface area (Å²) in [5, 5.41) is 19.0. The van der Waals surface area contributed by atoms with Crippen molar-refractivity contribution >= 4 is 17.6 Å². The minimum absolute atomic E-state index is 0.000900. The maximum atomic E-state index is 11.5. The second-order valence-corrected chi connectivity index (χ2v) is 4.52. The summed E-state index contributed by atoms with van der Waals surface area (Å²) in [6, 6.07) is 11.4. The summed E-state index contributed by atoms with van der Waals surface area (Å²) in [5.74, 6) is -0.105. The van der Waals surface area contributed by atoms with Crippen LogP contribution in [0.3, 0.4) is 0 Å². The average molecular weight is 300 g/mol. The van der Waals surface area contributed by atoms with Gasteiger partial charge in [0.2, 0.25) is 0 Å². The fourth-order valence-corrected chi connectivity index (χ4v) is 1.99. The van der Waals surface area contributed by atoms with Crippen LogP contribution in [0.2, 0.25) is 0 Å². The molecule has 0 radical (unpaired) electrons. The van der Waals surface area contributed by atoms with E-state index in [-0.39, 0.29) is 17.1 Å². The first-order valence-corrected chi connectivity index (χ1v) is 6.51. The zero-order valence-electron chi connectivity index (χ0n) is 12.2. The summed E-state index contributed by atoms with van der Waals surface area (Å²) < 4.78 is 10.1. The van der Waals surface area contributed by atoms with Crippen molar-refractivity contribution in [2.45, 2.75) is 0 Å². The Morgan fingerprint density at radius 2 is 1.73 bits per heavy atom. The summed E-state index contributed by atoms with van der Waals surface area (Å²) in [7, 11) is 2.98. The number of carboxylic acids is 1. The second-order valence-electron chi connectivity index (χ2n) is 4.52. The Morgan fingerprint density at radius 3 is 2.27 bits per heavy atom. The molecule has 0 aromatic heterocycles. The van der Waals surface area contributed by atoms with Gasteiger partial charge in [-0.2, -0.15) is 0 Å². The van der Waals surface area contributed by atoms with Gasteiger partial charge in [-0.15, -0.1) is 0 Å². The Bertz CT molecular complexity index is 701. The first-order chi connectivity index (χ1) is 10.5. The molecule has 114 valence electrons. The van der Waals surface area contributed by atoms with Gasteiger partial charge >= 0.3 is 5.97 Å². The summed E-state index contributed by atoms with van der Waals surface area (Å²) in [5.41, 5.74) is 1.30. The number of hydrogen-bond acceptors (Lipinski definition) is 4. The molecule has 0 heterocycles. The van der Waals surface area contributed by atoms with Gasteiger partial charge in [0, 0.05) is 0 Å². The molecule has 0 amide bonds. The largest absolute Gasteiger partial charge is 0.504 e. The van der Waals surface area contributed by atoms with E-state index < -0.39 is 5.97 Å². The summed E-state index contributed by atoms with van der Waals surface area (Å²) in [6.07, 6.45) is 1.52. The third-order valence-electron chi connectivity index (χ3n) is 3.15. The molecule has 2 N–H and O–H groups in total. The first kappa shape index (κ1) is 15.4. The molecule has 0 unspecified atom stereocenters. The Morgan fingerprint density at radius 1 is 1.05 bits per heavy atom. The van der Waals surface area contributed by atoms with E-state index in [0.29, 0.717) is 16.9 Å². The van der Waals surface area contributed by atoms with Crippen molar-refractivity contribution in [2.24, 2.45) is 0 Å². The number of phenols is 1. The number of rotatable bonds is 5. The summed E-state index contributed by atoms with van der Waals surface area (Å²) in [6.45, 7) is 0. The highest BCUT2D eigenvalue weighted by Gasteiger charge is 2.11. The highest BCUT2D eigenvalue weighted by molar-refractivity contribution is 6.20. The van der Waals surface area contributed by atoms with Crippen LogP contribution in [0.1, 0.15) is 11.1 Å². The lowest BCUT2D eigenvalue weighted by atomic mass is 10.0. The van der Waals surface area contributed by atoms with Crippen LogP contribution >= 0.6 is 0 Å². The zero-order valence-corrected chi connectivity index (χ0v) is 12.2. The van der Waals surface area contributed by atoms with E-state index in [1.165, 1.54) is 19.3 Å². The van der Waals surface area contributed by atoms with Crippen molar-refractivity contribution in [1.29, 1.82) is 0 Å². The molecule has 0 atom stereocenters. The molecule has 0 fully saturated rings. The molecule has 0 aliphatic carbocycles. The number of aliphatic carboxylic acids is 1. The van der Waals surface area contributed by atoms with Gasteiger partial charge < -0.3 is 19.7 Å². The molecule has 5 heteroatoms. The standard InChI is InChI=1S/C17H16O5/c1-21-13-6-4-12(5-7-13)14(17(19)20)9-11-3-8-15(18)16(10-11)22-2/h3-10,18H,1-2H3,(H,19,20)/b14-9+. The van der Waals surface area contributed by atoms with Crippen LogP contribution in [0.15, 0.2) is 42.5 Å². The summed E-state index contributed by atoms with van der Waals surface area (Å²) >= 11 is 0. The SMILES string of the molecule is COc1ccc(/C(=C\c2ccc(O)c(OC)c2)C(=O)O)cc1. The molecule has 0 aliphatic heterocycles. The van der Waals surface area contributed by atoms with Crippen LogP contribution in [-0.2, 0) is 4.79 Å². The molecule has 0 bridgehead atoms. The molecule has 0 saturated heterocycles. The predicted molar refractivity (Wildman–Crippen MR) is 83.2 cm³/mol. The van der Waals surface area contributed by atoms with Crippen molar-refractivity contribution in [2.75, 3.05) is 14.2 Å². The van der Waals surface area contributed by atoms with Crippen LogP contribution in [-0.4, -0.2) is 30.4 Å². The van der Waals surface area contributed by atoms with Gasteiger partial charge in [-0.25, -0.2) is 4.79 Å². The first-order valence-electron chi connectivity index (χ1n) is 6.51. The normalized spacial score (nSPS) is 11.1. The lowest BCUT2D eigenvalue weighted by Gasteiger charge is -2.07. The van der Waals surface area contributed by atoms with Gasteiger partial charge in [-0.1, -0.05) is 18.2 Å². The molecule has 0 spiro atoms. The maximum absolute atomic E-state index is 11.5. The molecule has 0 aliphatic rings. The Balaban J connectivity index is 2.44. The van der Waals surface area contributed by atoms with Crippen LogP contribution in [0.5, 0.6) is 17.2 Å². The van der Waals surface area contributed by atoms with Crippen molar-refractivity contribution in [3.05, 3.63) is 53.6 Å². The van der Waals surface area contributed by atoms with Crippen molar-refractivity contribution in [3.8, 4) is 17.2 Å². The molecule has 2 aromatic rings. The van der Waals surface area contributed by atoms with Crippen LogP contribution in [0.4, 0.5) is 0 Å². The topological polar surface area (TPSA) is 76.0 Å². The number of ether oxygens (including phenoxy) is 2. The number of benzene rings is 2. The van der Waals surface area contributed by atoms with Crippen molar-refractivity contribution in [3.63, 3.8) is 0 Å². The van der Waals surface area contributed by atoms with E-state index in [0.717, 1.165) is 0 Å². The Labute approximate surface area is 128 Å². The summed E-state index contributed by atoms with van der Waals surface area (Å²) in [4.78, 5) is 11.5. The molecule has 22 heavy (non-hydrogen) atoms. The van der Waals surface area contributed by atoms with Crippen LogP contribution in [0.25, 0.3) is 11.6 Å². The number of phenolic OH excluding ortho intramolecular Hbond substituents is 1. The lowest BCUT2D eigenvalue weighted by Crippen LogP contribution is -1.99. The van der Waals surface area contributed by atoms with E-state index in [4.69, 9.17) is 9.47 Å². The van der Waals surface area contributed by atoms with Crippen LogP contribution in [0, 0.1) is 0 Å². The molecule has 0 saturated carbocycles. The maximum Gasteiger partial charge on any atom is 0.336 e. The van der Waals surface area contributed by atoms with Crippen molar-refractivity contribution in [1.82, 2.24) is 0 Å². The number of aromatic hydroxyl groups is 1. The van der Waals surface area contributed by atoms with E-state index in [9.17, 15) is 15.0 Å². The van der Waals surface area contributed by atoms with Gasteiger partial charge in [0.15, 0.2) is 11.5 Å².